The lowest BCUT2D eigenvalue weighted by atomic mass is 9.80. The van der Waals surface area contributed by atoms with E-state index in [0.29, 0.717) is 5.41 Å². The average molecular weight is 246 g/mol. The van der Waals surface area contributed by atoms with Crippen molar-refractivity contribution < 1.29 is 5.11 Å². The zero-order valence-electron chi connectivity index (χ0n) is 11.8. The van der Waals surface area contributed by atoms with Gasteiger partial charge in [-0.05, 0) is 24.7 Å². The van der Waals surface area contributed by atoms with Crippen LogP contribution in [-0.4, -0.2) is 22.2 Å². The van der Waals surface area contributed by atoms with Crippen molar-refractivity contribution in [3.8, 4) is 0 Å². The van der Waals surface area contributed by atoms with Crippen molar-refractivity contribution in [2.75, 3.05) is 5.75 Å². The van der Waals surface area contributed by atoms with E-state index in [9.17, 15) is 5.11 Å². The molecular formula is C14H30OS. The van der Waals surface area contributed by atoms with Crippen molar-refractivity contribution in [2.24, 2.45) is 5.41 Å². The van der Waals surface area contributed by atoms with E-state index < -0.39 is 0 Å². The Bertz CT molecular complexity index is 162. The van der Waals surface area contributed by atoms with Gasteiger partial charge in [0.2, 0.25) is 0 Å². The van der Waals surface area contributed by atoms with Crippen LogP contribution < -0.4 is 0 Å². The summed E-state index contributed by atoms with van der Waals surface area (Å²) >= 11 is 1.94. The van der Waals surface area contributed by atoms with Gasteiger partial charge in [0.05, 0.1) is 6.10 Å². The van der Waals surface area contributed by atoms with Gasteiger partial charge in [-0.2, -0.15) is 11.8 Å². The molecule has 0 aromatic carbocycles. The van der Waals surface area contributed by atoms with Gasteiger partial charge < -0.3 is 5.11 Å². The molecule has 16 heavy (non-hydrogen) atoms. The van der Waals surface area contributed by atoms with Gasteiger partial charge in [0.15, 0.2) is 0 Å². The number of hydrogen-bond donors (Lipinski definition) is 1. The van der Waals surface area contributed by atoms with E-state index in [1.54, 1.807) is 0 Å². The summed E-state index contributed by atoms with van der Waals surface area (Å²) in [5.41, 5.74) is 0.327. The van der Waals surface area contributed by atoms with Crippen LogP contribution in [-0.2, 0) is 0 Å². The van der Waals surface area contributed by atoms with Gasteiger partial charge in [0, 0.05) is 11.0 Å². The molecule has 0 bridgehead atoms. The first-order valence-corrected chi connectivity index (χ1v) is 7.85. The van der Waals surface area contributed by atoms with Gasteiger partial charge in [-0.25, -0.2) is 0 Å². The number of hydrogen-bond acceptors (Lipinski definition) is 2. The predicted octanol–water partition coefficient (Wildman–Crippen LogP) is 4.49. The molecule has 1 unspecified atom stereocenters. The molecule has 1 atom stereocenters. The standard InChI is InChI=1S/C14H30OS/c1-6-13(7-2)16-11-12(15)10-14(5,8-3)9-4/h12-13,15H,6-11H2,1-5H3. The molecule has 0 fully saturated rings. The summed E-state index contributed by atoms with van der Waals surface area (Å²) in [7, 11) is 0. The molecular weight excluding hydrogens is 216 g/mol. The van der Waals surface area contributed by atoms with E-state index in [4.69, 9.17) is 0 Å². The largest absolute Gasteiger partial charge is 0.392 e. The van der Waals surface area contributed by atoms with Crippen LogP contribution in [0.25, 0.3) is 0 Å². The Hall–Kier alpha value is 0.310. The zero-order valence-corrected chi connectivity index (χ0v) is 12.6. The Morgan fingerprint density at radius 3 is 1.94 bits per heavy atom. The van der Waals surface area contributed by atoms with Crippen molar-refractivity contribution in [3.05, 3.63) is 0 Å². The van der Waals surface area contributed by atoms with Crippen molar-refractivity contribution in [3.63, 3.8) is 0 Å². The summed E-state index contributed by atoms with van der Waals surface area (Å²) < 4.78 is 0. The average Bonchev–Trinajstić information content (AvgIpc) is 2.30. The normalized spacial score (nSPS) is 14.4. The Labute approximate surface area is 106 Å². The van der Waals surface area contributed by atoms with Gasteiger partial charge in [0.1, 0.15) is 0 Å². The van der Waals surface area contributed by atoms with Crippen molar-refractivity contribution in [1.82, 2.24) is 0 Å². The number of thioether (sulfide) groups is 1. The van der Waals surface area contributed by atoms with Crippen LogP contribution in [0.5, 0.6) is 0 Å². The van der Waals surface area contributed by atoms with Crippen molar-refractivity contribution in [2.45, 2.75) is 78.1 Å². The molecule has 0 aromatic rings. The summed E-state index contributed by atoms with van der Waals surface area (Å²) in [6.45, 7) is 11.2. The minimum Gasteiger partial charge on any atom is -0.392 e. The third-order valence-electron chi connectivity index (χ3n) is 3.87. The SMILES string of the molecule is CCC(CC)SCC(O)CC(C)(CC)CC. The molecule has 1 N–H and O–H groups in total. The minimum absolute atomic E-state index is 0.129. The quantitative estimate of drug-likeness (QED) is 0.647. The van der Waals surface area contributed by atoms with E-state index in [-0.39, 0.29) is 6.10 Å². The summed E-state index contributed by atoms with van der Waals surface area (Å²) in [5, 5.41) is 10.8. The van der Waals surface area contributed by atoms with Crippen LogP contribution in [0.3, 0.4) is 0 Å². The topological polar surface area (TPSA) is 20.2 Å². The van der Waals surface area contributed by atoms with Crippen LogP contribution >= 0.6 is 11.8 Å². The highest BCUT2D eigenvalue weighted by atomic mass is 32.2. The smallest absolute Gasteiger partial charge is 0.0635 e. The molecule has 0 heterocycles. The number of rotatable bonds is 9. The molecule has 0 rings (SSSR count). The van der Waals surface area contributed by atoms with Crippen LogP contribution in [0.1, 0.15) is 66.7 Å². The van der Waals surface area contributed by atoms with E-state index in [0.717, 1.165) is 30.3 Å². The van der Waals surface area contributed by atoms with Gasteiger partial charge in [-0.3, -0.25) is 0 Å². The molecule has 0 aliphatic rings. The molecule has 0 aliphatic heterocycles. The summed E-state index contributed by atoms with van der Waals surface area (Å²) in [5.74, 6) is 0.905. The van der Waals surface area contributed by atoms with E-state index in [1.807, 2.05) is 11.8 Å². The first-order valence-electron chi connectivity index (χ1n) is 6.80. The second-order valence-electron chi connectivity index (χ2n) is 5.15. The second kappa shape index (κ2) is 8.41. The third-order valence-corrected chi connectivity index (χ3v) is 5.59. The Kier molecular flexibility index (Phi) is 8.57. The van der Waals surface area contributed by atoms with Crippen LogP contribution in [0.2, 0.25) is 0 Å². The maximum absolute atomic E-state index is 10.1. The predicted molar refractivity (Wildman–Crippen MR) is 76.1 cm³/mol. The molecule has 2 heteroatoms. The lowest BCUT2D eigenvalue weighted by Gasteiger charge is -2.29. The fraction of sp³-hybridized carbons (Fsp3) is 1.00. The molecule has 0 aliphatic carbocycles. The van der Waals surface area contributed by atoms with Crippen LogP contribution in [0.4, 0.5) is 0 Å². The molecule has 1 nitrogen and oxygen atoms in total. The molecule has 0 spiro atoms. The number of aliphatic hydroxyl groups excluding tert-OH is 1. The first-order chi connectivity index (χ1) is 7.51. The Morgan fingerprint density at radius 1 is 1.06 bits per heavy atom. The second-order valence-corrected chi connectivity index (χ2v) is 6.48. The van der Waals surface area contributed by atoms with E-state index in [2.05, 4.69) is 34.6 Å². The highest BCUT2D eigenvalue weighted by Crippen LogP contribution is 2.32. The first kappa shape index (κ1) is 16.3. The van der Waals surface area contributed by atoms with Crippen molar-refractivity contribution in [1.29, 1.82) is 0 Å². The van der Waals surface area contributed by atoms with Gasteiger partial charge in [-0.15, -0.1) is 0 Å². The summed E-state index contributed by atoms with van der Waals surface area (Å²) in [6, 6.07) is 0. The van der Waals surface area contributed by atoms with E-state index in [1.165, 1.54) is 12.8 Å². The molecule has 0 saturated heterocycles. The van der Waals surface area contributed by atoms with Crippen LogP contribution in [0.15, 0.2) is 0 Å². The highest BCUT2D eigenvalue weighted by Gasteiger charge is 2.23. The fourth-order valence-electron chi connectivity index (χ4n) is 1.94. The minimum atomic E-state index is -0.129. The Morgan fingerprint density at radius 2 is 1.56 bits per heavy atom. The lowest BCUT2D eigenvalue weighted by Crippen LogP contribution is -2.24. The van der Waals surface area contributed by atoms with Crippen LogP contribution in [0, 0.1) is 5.41 Å². The van der Waals surface area contributed by atoms with E-state index >= 15 is 0 Å². The van der Waals surface area contributed by atoms with Gasteiger partial charge >= 0.3 is 0 Å². The monoisotopic (exact) mass is 246 g/mol. The van der Waals surface area contributed by atoms with Gasteiger partial charge in [-0.1, -0.05) is 47.5 Å². The zero-order chi connectivity index (χ0) is 12.6. The summed E-state index contributed by atoms with van der Waals surface area (Å²) in [6.07, 6.45) is 5.58. The number of aliphatic hydroxyl groups is 1. The molecule has 0 radical (unpaired) electrons. The fourth-order valence-corrected chi connectivity index (χ4v) is 3.02. The maximum atomic E-state index is 10.1. The molecule has 98 valence electrons. The lowest BCUT2D eigenvalue weighted by molar-refractivity contribution is 0.118. The maximum Gasteiger partial charge on any atom is 0.0635 e. The highest BCUT2D eigenvalue weighted by molar-refractivity contribution is 7.99. The molecule has 0 aromatic heterocycles. The summed E-state index contributed by atoms with van der Waals surface area (Å²) in [4.78, 5) is 0. The molecule has 0 saturated carbocycles. The van der Waals surface area contributed by atoms with Gasteiger partial charge in [0.25, 0.3) is 0 Å². The Balaban J connectivity index is 3.93. The third kappa shape index (κ3) is 6.15. The van der Waals surface area contributed by atoms with Crippen molar-refractivity contribution >= 4 is 11.8 Å². The molecule has 0 amide bonds.